The van der Waals surface area contributed by atoms with E-state index in [1.54, 1.807) is 0 Å². The Labute approximate surface area is 66.4 Å². The number of pyridine rings is 1. The fraction of sp³-hybridized carbons (Fsp3) is 0. The first-order valence-electron chi connectivity index (χ1n) is 2.66. The van der Waals surface area contributed by atoms with Gasteiger partial charge in [0.25, 0.3) is 0 Å². The molecule has 3 nitrogen and oxygen atoms in total. The lowest BCUT2D eigenvalue weighted by Gasteiger charge is -1.93. The monoisotopic (exact) mass is 175 g/mol. The molecule has 0 aromatic carbocycles. The van der Waals surface area contributed by atoms with E-state index < -0.39 is 17.5 Å². The van der Waals surface area contributed by atoms with Crippen molar-refractivity contribution in [1.82, 2.24) is 4.98 Å². The van der Waals surface area contributed by atoms with Crippen LogP contribution in [0.25, 0.3) is 0 Å². The molecule has 11 heavy (non-hydrogen) atoms. The van der Waals surface area contributed by atoms with E-state index in [-0.39, 0.29) is 5.15 Å². The van der Waals surface area contributed by atoms with Crippen molar-refractivity contribution in [2.24, 2.45) is 0 Å². The zero-order valence-electron chi connectivity index (χ0n) is 5.21. The fourth-order valence-electron chi connectivity index (χ4n) is 0.575. The molecule has 5 heteroatoms. The summed E-state index contributed by atoms with van der Waals surface area (Å²) in [6, 6.07) is 1.74. The standard InChI is InChI=1S/C6H3ClFNO2/c7-5-2-3(8)1-4(9-5)6(10)11/h1-2H,(H,10,11). The smallest absolute Gasteiger partial charge is 0.354 e. The maximum Gasteiger partial charge on any atom is 0.354 e. The molecule has 0 radical (unpaired) electrons. The first kappa shape index (κ1) is 7.94. The van der Waals surface area contributed by atoms with Gasteiger partial charge in [0, 0.05) is 12.1 Å². The highest BCUT2D eigenvalue weighted by atomic mass is 35.5. The lowest BCUT2D eigenvalue weighted by atomic mass is 10.3. The number of aromatic carboxylic acids is 1. The second kappa shape index (κ2) is 2.84. The number of halogens is 2. The highest BCUT2D eigenvalue weighted by Gasteiger charge is 2.06. The summed E-state index contributed by atoms with van der Waals surface area (Å²) in [6.07, 6.45) is 0. The van der Waals surface area contributed by atoms with Gasteiger partial charge in [-0.25, -0.2) is 14.2 Å². The van der Waals surface area contributed by atoms with E-state index >= 15 is 0 Å². The SMILES string of the molecule is O=C(O)c1cc(F)cc(Cl)n1. The number of hydrogen-bond acceptors (Lipinski definition) is 2. The van der Waals surface area contributed by atoms with Gasteiger partial charge in [0.1, 0.15) is 11.0 Å². The molecular weight excluding hydrogens is 173 g/mol. The summed E-state index contributed by atoms with van der Waals surface area (Å²) < 4.78 is 12.4. The molecule has 0 aliphatic carbocycles. The van der Waals surface area contributed by atoms with Crippen LogP contribution in [0.3, 0.4) is 0 Å². The van der Waals surface area contributed by atoms with Gasteiger partial charge in [0.15, 0.2) is 5.69 Å². The number of aromatic nitrogens is 1. The van der Waals surface area contributed by atoms with E-state index in [4.69, 9.17) is 16.7 Å². The third-order valence-corrected chi connectivity index (χ3v) is 1.17. The largest absolute Gasteiger partial charge is 0.477 e. The first-order chi connectivity index (χ1) is 5.09. The molecule has 0 fully saturated rings. The predicted octanol–water partition coefficient (Wildman–Crippen LogP) is 1.57. The van der Waals surface area contributed by atoms with Crippen LogP contribution in [0.15, 0.2) is 12.1 Å². The lowest BCUT2D eigenvalue weighted by Crippen LogP contribution is -2.00. The summed E-state index contributed by atoms with van der Waals surface area (Å²) in [7, 11) is 0. The molecule has 0 unspecified atom stereocenters. The Morgan fingerprint density at radius 2 is 2.27 bits per heavy atom. The maximum absolute atomic E-state index is 12.4. The zero-order valence-corrected chi connectivity index (χ0v) is 5.97. The molecule has 0 aliphatic rings. The van der Waals surface area contributed by atoms with Gasteiger partial charge < -0.3 is 5.11 Å². The Balaban J connectivity index is 3.19. The number of nitrogens with zero attached hydrogens (tertiary/aromatic N) is 1. The molecule has 0 saturated carbocycles. The molecular formula is C6H3ClFNO2. The van der Waals surface area contributed by atoms with Crippen LogP contribution in [0.4, 0.5) is 4.39 Å². The maximum atomic E-state index is 12.4. The normalized spacial score (nSPS) is 9.64. The Bertz CT molecular complexity index is 282. The molecule has 0 bridgehead atoms. The van der Waals surface area contributed by atoms with Crippen LogP contribution < -0.4 is 0 Å². The number of carbonyl (C=O) groups is 1. The van der Waals surface area contributed by atoms with Gasteiger partial charge in [-0.2, -0.15) is 0 Å². The fourth-order valence-corrected chi connectivity index (χ4v) is 0.771. The zero-order chi connectivity index (χ0) is 8.43. The highest BCUT2D eigenvalue weighted by Crippen LogP contribution is 2.08. The third-order valence-electron chi connectivity index (χ3n) is 0.978. The summed E-state index contributed by atoms with van der Waals surface area (Å²) in [4.78, 5) is 13.6. The average Bonchev–Trinajstić information content (AvgIpc) is 1.85. The van der Waals surface area contributed by atoms with E-state index in [1.165, 1.54) is 0 Å². The van der Waals surface area contributed by atoms with E-state index in [0.717, 1.165) is 12.1 Å². The van der Waals surface area contributed by atoms with Crippen LogP contribution in [0.1, 0.15) is 10.5 Å². The molecule has 1 aromatic heterocycles. The quantitative estimate of drug-likeness (QED) is 0.660. The summed E-state index contributed by atoms with van der Waals surface area (Å²) in [5.41, 5.74) is -0.394. The minimum atomic E-state index is -1.30. The topological polar surface area (TPSA) is 50.2 Å². The van der Waals surface area contributed by atoms with E-state index in [2.05, 4.69) is 4.98 Å². The third kappa shape index (κ3) is 1.88. The van der Waals surface area contributed by atoms with Gasteiger partial charge in [-0.05, 0) is 0 Å². The molecule has 1 rings (SSSR count). The van der Waals surface area contributed by atoms with Crippen molar-refractivity contribution in [3.63, 3.8) is 0 Å². The van der Waals surface area contributed by atoms with Crippen LogP contribution in [-0.2, 0) is 0 Å². The summed E-state index contributed by atoms with van der Waals surface area (Å²) in [6.45, 7) is 0. The predicted molar refractivity (Wildman–Crippen MR) is 36.2 cm³/mol. The molecule has 0 saturated heterocycles. The Hall–Kier alpha value is -1.16. The number of carboxylic acid groups (broad SMARTS) is 1. The van der Waals surface area contributed by atoms with Crippen molar-refractivity contribution in [3.8, 4) is 0 Å². The molecule has 1 heterocycles. The second-order valence-electron chi connectivity index (χ2n) is 1.80. The van der Waals surface area contributed by atoms with Crippen molar-refractivity contribution in [3.05, 3.63) is 28.8 Å². The first-order valence-corrected chi connectivity index (χ1v) is 3.04. The summed E-state index contributed by atoms with van der Waals surface area (Å²) in [5, 5.41) is 8.18. The highest BCUT2D eigenvalue weighted by molar-refractivity contribution is 6.29. The Morgan fingerprint density at radius 1 is 1.64 bits per heavy atom. The van der Waals surface area contributed by atoms with Crippen molar-refractivity contribution in [1.29, 1.82) is 0 Å². The number of rotatable bonds is 1. The molecule has 0 atom stereocenters. The van der Waals surface area contributed by atoms with Gasteiger partial charge >= 0.3 is 5.97 Å². The van der Waals surface area contributed by atoms with E-state index in [1.807, 2.05) is 0 Å². The lowest BCUT2D eigenvalue weighted by molar-refractivity contribution is 0.0690. The Morgan fingerprint density at radius 3 is 2.73 bits per heavy atom. The van der Waals surface area contributed by atoms with Crippen LogP contribution in [0, 0.1) is 5.82 Å². The van der Waals surface area contributed by atoms with Crippen LogP contribution in [-0.4, -0.2) is 16.1 Å². The van der Waals surface area contributed by atoms with Gasteiger partial charge in [-0.1, -0.05) is 11.6 Å². The van der Waals surface area contributed by atoms with Gasteiger partial charge in [-0.3, -0.25) is 0 Å². The molecule has 0 amide bonds. The second-order valence-corrected chi connectivity index (χ2v) is 2.19. The Kier molecular flexibility index (Phi) is 2.05. The van der Waals surface area contributed by atoms with Gasteiger partial charge in [0.05, 0.1) is 0 Å². The number of hydrogen-bond donors (Lipinski definition) is 1. The average molecular weight is 176 g/mol. The minimum Gasteiger partial charge on any atom is -0.477 e. The van der Waals surface area contributed by atoms with Crippen molar-refractivity contribution in [2.75, 3.05) is 0 Å². The van der Waals surface area contributed by atoms with Crippen LogP contribution in [0.2, 0.25) is 5.15 Å². The molecule has 58 valence electrons. The van der Waals surface area contributed by atoms with E-state index in [9.17, 15) is 9.18 Å². The molecule has 0 aliphatic heterocycles. The van der Waals surface area contributed by atoms with E-state index in [0.29, 0.717) is 0 Å². The summed E-state index contributed by atoms with van der Waals surface area (Å²) in [5.74, 6) is -2.01. The van der Waals surface area contributed by atoms with Crippen molar-refractivity contribution >= 4 is 17.6 Å². The van der Waals surface area contributed by atoms with Gasteiger partial charge in [-0.15, -0.1) is 0 Å². The number of carboxylic acids is 1. The van der Waals surface area contributed by atoms with Gasteiger partial charge in [0.2, 0.25) is 0 Å². The van der Waals surface area contributed by atoms with Crippen LogP contribution >= 0.6 is 11.6 Å². The summed E-state index contributed by atoms with van der Waals surface area (Å²) >= 11 is 5.28. The van der Waals surface area contributed by atoms with Crippen molar-refractivity contribution < 1.29 is 14.3 Å². The molecule has 1 N–H and O–H groups in total. The minimum absolute atomic E-state index is 0.164. The molecule has 0 spiro atoms. The van der Waals surface area contributed by atoms with Crippen LogP contribution in [0.5, 0.6) is 0 Å². The van der Waals surface area contributed by atoms with Crippen molar-refractivity contribution in [2.45, 2.75) is 0 Å². The molecule has 1 aromatic rings.